The summed E-state index contributed by atoms with van der Waals surface area (Å²) in [6, 6.07) is 4.71. The molecular formula is C13H17ClN2O3. The second kappa shape index (κ2) is 6.32. The van der Waals surface area contributed by atoms with E-state index in [9.17, 15) is 15.2 Å². The molecule has 2 rings (SSSR count). The van der Waals surface area contributed by atoms with Crippen molar-refractivity contribution in [2.24, 2.45) is 5.92 Å². The smallest absolute Gasteiger partial charge is 0.269 e. The summed E-state index contributed by atoms with van der Waals surface area (Å²) in [5.41, 5.74) is 0.769. The number of hydrogen-bond donors (Lipinski definition) is 2. The topological polar surface area (TPSA) is 75.4 Å². The average Bonchev–Trinajstić information content (AvgIpc) is 2.85. The lowest BCUT2D eigenvalue weighted by Crippen LogP contribution is -2.33. The van der Waals surface area contributed by atoms with Gasteiger partial charge in [-0.3, -0.25) is 10.1 Å². The Bertz CT molecular complexity index is 467. The summed E-state index contributed by atoms with van der Waals surface area (Å²) in [5.74, 6) is 0.275. The minimum atomic E-state index is -0.425. The summed E-state index contributed by atoms with van der Waals surface area (Å²) in [6.45, 7) is 0.669. The molecule has 0 amide bonds. The van der Waals surface area contributed by atoms with Crippen LogP contribution in [0.3, 0.4) is 0 Å². The van der Waals surface area contributed by atoms with E-state index >= 15 is 0 Å². The Morgan fingerprint density at radius 1 is 1.47 bits per heavy atom. The van der Waals surface area contributed by atoms with Gasteiger partial charge in [0.25, 0.3) is 5.69 Å². The highest BCUT2D eigenvalue weighted by Gasteiger charge is 2.26. The van der Waals surface area contributed by atoms with Gasteiger partial charge in [0, 0.05) is 36.3 Å². The van der Waals surface area contributed by atoms with E-state index < -0.39 is 4.92 Å². The molecule has 1 saturated carbocycles. The number of nitrogens with zero attached hydrogens (tertiary/aromatic N) is 1. The van der Waals surface area contributed by atoms with Crippen molar-refractivity contribution < 1.29 is 10.0 Å². The standard InChI is InChI=1S/C13H17ClN2O3/c14-12-5-4-11(16(18)19)6-10(12)7-15-13-3-1-2-9(13)8-17/h4-6,9,13,15,17H,1-3,7-8H2. The molecule has 0 aliphatic heterocycles. The average molecular weight is 285 g/mol. The summed E-state index contributed by atoms with van der Waals surface area (Å²) in [5, 5.41) is 23.8. The number of halogens is 1. The number of non-ortho nitro benzene ring substituents is 1. The molecule has 0 spiro atoms. The van der Waals surface area contributed by atoms with Gasteiger partial charge < -0.3 is 10.4 Å². The number of hydrogen-bond acceptors (Lipinski definition) is 4. The summed E-state index contributed by atoms with van der Waals surface area (Å²) >= 11 is 6.04. The minimum absolute atomic E-state index is 0.0475. The van der Waals surface area contributed by atoms with Crippen LogP contribution in [0.5, 0.6) is 0 Å². The van der Waals surface area contributed by atoms with E-state index in [-0.39, 0.29) is 24.3 Å². The van der Waals surface area contributed by atoms with Crippen molar-refractivity contribution in [3.63, 3.8) is 0 Å². The zero-order valence-electron chi connectivity index (χ0n) is 10.5. The Morgan fingerprint density at radius 2 is 2.26 bits per heavy atom. The summed E-state index contributed by atoms with van der Waals surface area (Å²) < 4.78 is 0. The summed E-state index contributed by atoms with van der Waals surface area (Å²) in [6.07, 6.45) is 3.15. The third-order valence-corrected chi connectivity index (χ3v) is 4.06. The van der Waals surface area contributed by atoms with Gasteiger partial charge in [-0.2, -0.15) is 0 Å². The van der Waals surface area contributed by atoms with Gasteiger partial charge in [0.05, 0.1) is 4.92 Å². The number of aliphatic hydroxyl groups excluding tert-OH is 1. The van der Waals surface area contributed by atoms with Crippen molar-refractivity contribution in [1.82, 2.24) is 5.32 Å². The number of nitro groups is 1. The predicted molar refractivity (Wildman–Crippen MR) is 73.2 cm³/mol. The second-order valence-electron chi connectivity index (χ2n) is 4.89. The van der Waals surface area contributed by atoms with Gasteiger partial charge in [-0.05, 0) is 30.4 Å². The zero-order valence-corrected chi connectivity index (χ0v) is 11.3. The Morgan fingerprint density at radius 3 is 2.95 bits per heavy atom. The Kier molecular flexibility index (Phi) is 4.74. The van der Waals surface area contributed by atoms with Crippen LogP contribution in [0.15, 0.2) is 18.2 Å². The van der Waals surface area contributed by atoms with Crippen molar-refractivity contribution in [3.05, 3.63) is 38.9 Å². The van der Waals surface area contributed by atoms with E-state index in [4.69, 9.17) is 11.6 Å². The molecule has 0 heterocycles. The number of rotatable bonds is 5. The van der Waals surface area contributed by atoms with E-state index in [1.54, 1.807) is 6.07 Å². The largest absolute Gasteiger partial charge is 0.396 e. The Labute approximate surface area is 116 Å². The maximum absolute atomic E-state index is 10.7. The molecule has 6 heteroatoms. The highest BCUT2D eigenvalue weighted by molar-refractivity contribution is 6.31. The minimum Gasteiger partial charge on any atom is -0.396 e. The molecule has 0 saturated heterocycles. The van der Waals surface area contributed by atoms with Gasteiger partial charge in [-0.25, -0.2) is 0 Å². The van der Waals surface area contributed by atoms with Crippen molar-refractivity contribution in [2.75, 3.05) is 6.61 Å². The number of nitro benzene ring substituents is 1. The first-order valence-electron chi connectivity index (χ1n) is 6.39. The summed E-state index contributed by atoms with van der Waals surface area (Å²) in [4.78, 5) is 10.3. The maximum Gasteiger partial charge on any atom is 0.269 e. The third-order valence-electron chi connectivity index (χ3n) is 3.69. The molecule has 2 N–H and O–H groups in total. The fourth-order valence-electron chi connectivity index (χ4n) is 2.58. The van der Waals surface area contributed by atoms with E-state index in [2.05, 4.69) is 5.32 Å². The molecule has 1 fully saturated rings. The van der Waals surface area contributed by atoms with Gasteiger partial charge in [0.2, 0.25) is 0 Å². The van der Waals surface area contributed by atoms with E-state index in [1.165, 1.54) is 12.1 Å². The van der Waals surface area contributed by atoms with Gasteiger partial charge in [-0.15, -0.1) is 0 Å². The molecule has 19 heavy (non-hydrogen) atoms. The monoisotopic (exact) mass is 284 g/mol. The highest BCUT2D eigenvalue weighted by Crippen LogP contribution is 2.27. The lowest BCUT2D eigenvalue weighted by Gasteiger charge is -2.19. The molecule has 0 aromatic heterocycles. The van der Waals surface area contributed by atoms with Crippen molar-refractivity contribution in [1.29, 1.82) is 0 Å². The van der Waals surface area contributed by atoms with Gasteiger partial charge in [0.15, 0.2) is 0 Å². The predicted octanol–water partition coefficient (Wildman–Crippen LogP) is 2.50. The molecular weight excluding hydrogens is 268 g/mol. The number of nitrogens with one attached hydrogen (secondary N) is 1. The van der Waals surface area contributed by atoms with Crippen LogP contribution in [0, 0.1) is 16.0 Å². The first kappa shape index (κ1) is 14.2. The van der Waals surface area contributed by atoms with Crippen LogP contribution in [-0.4, -0.2) is 22.7 Å². The Balaban J connectivity index is 2.02. The van der Waals surface area contributed by atoms with Crippen molar-refractivity contribution in [3.8, 4) is 0 Å². The molecule has 1 aromatic rings. The lowest BCUT2D eigenvalue weighted by molar-refractivity contribution is -0.384. The zero-order chi connectivity index (χ0) is 13.8. The van der Waals surface area contributed by atoms with Gasteiger partial charge >= 0.3 is 0 Å². The molecule has 0 bridgehead atoms. The van der Waals surface area contributed by atoms with Crippen LogP contribution in [0.25, 0.3) is 0 Å². The molecule has 1 aliphatic rings. The van der Waals surface area contributed by atoms with Crippen LogP contribution in [-0.2, 0) is 6.54 Å². The molecule has 5 nitrogen and oxygen atoms in total. The van der Waals surface area contributed by atoms with Crippen LogP contribution in [0.2, 0.25) is 5.02 Å². The first-order valence-corrected chi connectivity index (χ1v) is 6.76. The van der Waals surface area contributed by atoms with E-state index in [0.29, 0.717) is 11.6 Å². The van der Waals surface area contributed by atoms with Gasteiger partial charge in [-0.1, -0.05) is 18.0 Å². The van der Waals surface area contributed by atoms with Crippen LogP contribution >= 0.6 is 11.6 Å². The molecule has 2 atom stereocenters. The maximum atomic E-state index is 10.7. The third kappa shape index (κ3) is 3.43. The molecule has 0 radical (unpaired) electrons. The molecule has 2 unspecified atom stereocenters. The van der Waals surface area contributed by atoms with Crippen LogP contribution < -0.4 is 5.32 Å². The van der Waals surface area contributed by atoms with Crippen LogP contribution in [0.1, 0.15) is 24.8 Å². The van der Waals surface area contributed by atoms with E-state index in [0.717, 1.165) is 24.8 Å². The fraction of sp³-hybridized carbons (Fsp3) is 0.538. The SMILES string of the molecule is O=[N+]([O-])c1ccc(Cl)c(CNC2CCCC2CO)c1. The first-order chi connectivity index (χ1) is 9.11. The molecule has 104 valence electrons. The van der Waals surface area contributed by atoms with Gasteiger partial charge in [0.1, 0.15) is 0 Å². The van der Waals surface area contributed by atoms with Crippen LogP contribution in [0.4, 0.5) is 5.69 Å². The highest BCUT2D eigenvalue weighted by atomic mass is 35.5. The molecule has 1 aliphatic carbocycles. The number of aliphatic hydroxyl groups is 1. The van der Waals surface area contributed by atoms with Crippen molar-refractivity contribution in [2.45, 2.75) is 31.8 Å². The van der Waals surface area contributed by atoms with Crippen molar-refractivity contribution >= 4 is 17.3 Å². The number of benzene rings is 1. The quantitative estimate of drug-likeness (QED) is 0.643. The molecule has 1 aromatic carbocycles. The second-order valence-corrected chi connectivity index (χ2v) is 5.30. The fourth-order valence-corrected chi connectivity index (χ4v) is 2.76. The lowest BCUT2D eigenvalue weighted by atomic mass is 10.0. The summed E-state index contributed by atoms with van der Waals surface area (Å²) in [7, 11) is 0. The normalized spacial score (nSPS) is 22.6. The van der Waals surface area contributed by atoms with E-state index in [1.807, 2.05) is 0 Å². The Hall–Kier alpha value is -1.17.